The second-order valence-corrected chi connectivity index (χ2v) is 5.60. The monoisotopic (exact) mass is 327 g/mol. The Morgan fingerprint density at radius 3 is 2.53 bits per heavy atom. The Kier molecular flexibility index (Phi) is 5.54. The molecule has 2 unspecified atom stereocenters. The van der Waals surface area contributed by atoms with E-state index in [1.807, 2.05) is 25.1 Å². The number of carboxylic acid groups (broad SMARTS) is 1. The van der Waals surface area contributed by atoms with Crippen LogP contribution in [0.5, 0.6) is 0 Å². The van der Waals surface area contributed by atoms with Crippen molar-refractivity contribution in [1.29, 1.82) is 0 Å². The van der Waals surface area contributed by atoms with Gasteiger partial charge in [0, 0.05) is 10.5 Å². The molecule has 1 rings (SSSR count). The second kappa shape index (κ2) is 6.70. The van der Waals surface area contributed by atoms with Gasteiger partial charge in [-0.2, -0.15) is 0 Å². The lowest BCUT2D eigenvalue weighted by Gasteiger charge is -2.17. The number of carbonyl (C=O) groups excluding carboxylic acids is 1. The highest BCUT2D eigenvalue weighted by atomic mass is 79.9. The SMILES string of the molecule is Cc1ccc(CC(=O)NC(C)C(C)C(=O)O)cc1Br. The lowest BCUT2D eigenvalue weighted by Crippen LogP contribution is -2.40. The molecule has 0 aliphatic heterocycles. The van der Waals surface area contributed by atoms with Gasteiger partial charge in [0.05, 0.1) is 12.3 Å². The molecule has 0 saturated heterocycles. The van der Waals surface area contributed by atoms with Crippen LogP contribution in [0.2, 0.25) is 0 Å². The number of aryl methyl sites for hydroxylation is 1. The quantitative estimate of drug-likeness (QED) is 0.873. The Hall–Kier alpha value is -1.36. The van der Waals surface area contributed by atoms with Crippen LogP contribution in [0.3, 0.4) is 0 Å². The summed E-state index contributed by atoms with van der Waals surface area (Å²) in [7, 11) is 0. The van der Waals surface area contributed by atoms with E-state index in [4.69, 9.17) is 5.11 Å². The van der Waals surface area contributed by atoms with Gasteiger partial charge in [0.1, 0.15) is 0 Å². The van der Waals surface area contributed by atoms with Crippen LogP contribution in [0.1, 0.15) is 25.0 Å². The third-order valence-electron chi connectivity index (χ3n) is 3.13. The Morgan fingerprint density at radius 1 is 1.37 bits per heavy atom. The van der Waals surface area contributed by atoms with Gasteiger partial charge in [0.2, 0.25) is 5.91 Å². The van der Waals surface area contributed by atoms with Crippen molar-refractivity contribution in [2.75, 3.05) is 0 Å². The summed E-state index contributed by atoms with van der Waals surface area (Å²) < 4.78 is 0.963. The predicted octanol–water partition coefficient (Wildman–Crippen LogP) is 2.53. The molecule has 0 aliphatic rings. The number of halogens is 1. The molecule has 1 aromatic carbocycles. The van der Waals surface area contributed by atoms with E-state index >= 15 is 0 Å². The van der Waals surface area contributed by atoms with Gasteiger partial charge in [-0.05, 0) is 38.0 Å². The zero-order chi connectivity index (χ0) is 14.6. The number of hydrogen-bond acceptors (Lipinski definition) is 2. The van der Waals surface area contributed by atoms with E-state index < -0.39 is 11.9 Å². The zero-order valence-corrected chi connectivity index (χ0v) is 12.8. The molecule has 0 radical (unpaired) electrons. The second-order valence-electron chi connectivity index (χ2n) is 4.74. The summed E-state index contributed by atoms with van der Waals surface area (Å²) in [6.07, 6.45) is 0.246. The largest absolute Gasteiger partial charge is 0.481 e. The van der Waals surface area contributed by atoms with Gasteiger partial charge in [-0.3, -0.25) is 9.59 Å². The molecule has 0 bridgehead atoms. The van der Waals surface area contributed by atoms with Crippen LogP contribution in [0.15, 0.2) is 22.7 Å². The predicted molar refractivity (Wildman–Crippen MR) is 77.0 cm³/mol. The highest BCUT2D eigenvalue weighted by Gasteiger charge is 2.20. The Labute approximate surface area is 121 Å². The van der Waals surface area contributed by atoms with Gasteiger partial charge in [-0.15, -0.1) is 0 Å². The molecule has 0 saturated carbocycles. The van der Waals surface area contributed by atoms with Crippen LogP contribution in [-0.4, -0.2) is 23.0 Å². The van der Waals surface area contributed by atoms with Gasteiger partial charge in [-0.25, -0.2) is 0 Å². The maximum atomic E-state index is 11.8. The van der Waals surface area contributed by atoms with Crippen molar-refractivity contribution in [3.05, 3.63) is 33.8 Å². The van der Waals surface area contributed by atoms with Crippen molar-refractivity contribution in [3.63, 3.8) is 0 Å². The lowest BCUT2D eigenvalue weighted by atomic mass is 10.0. The zero-order valence-electron chi connectivity index (χ0n) is 11.2. The molecule has 0 aromatic heterocycles. The smallest absolute Gasteiger partial charge is 0.308 e. The maximum absolute atomic E-state index is 11.8. The van der Waals surface area contributed by atoms with E-state index in [2.05, 4.69) is 21.2 Å². The van der Waals surface area contributed by atoms with Gasteiger partial charge in [-0.1, -0.05) is 28.1 Å². The molecule has 2 atom stereocenters. The molecule has 19 heavy (non-hydrogen) atoms. The van der Waals surface area contributed by atoms with E-state index in [0.29, 0.717) is 0 Å². The van der Waals surface area contributed by atoms with Crippen LogP contribution in [0, 0.1) is 12.8 Å². The van der Waals surface area contributed by atoms with Crippen LogP contribution in [0.25, 0.3) is 0 Å². The summed E-state index contributed by atoms with van der Waals surface area (Å²) in [5.41, 5.74) is 2.00. The molecule has 4 nitrogen and oxygen atoms in total. The third kappa shape index (κ3) is 4.67. The van der Waals surface area contributed by atoms with Crippen molar-refractivity contribution >= 4 is 27.8 Å². The number of benzene rings is 1. The van der Waals surface area contributed by atoms with Gasteiger partial charge < -0.3 is 10.4 Å². The fraction of sp³-hybridized carbons (Fsp3) is 0.429. The van der Waals surface area contributed by atoms with Crippen molar-refractivity contribution < 1.29 is 14.7 Å². The Balaban J connectivity index is 2.60. The standard InChI is InChI=1S/C14H18BrNO3/c1-8-4-5-11(6-12(8)15)7-13(17)16-10(3)9(2)14(18)19/h4-6,9-10H,7H2,1-3H3,(H,16,17)(H,18,19). The molecule has 0 fully saturated rings. The van der Waals surface area contributed by atoms with Crippen LogP contribution >= 0.6 is 15.9 Å². The topological polar surface area (TPSA) is 66.4 Å². The molecule has 2 N–H and O–H groups in total. The van der Waals surface area contributed by atoms with Gasteiger partial charge >= 0.3 is 5.97 Å². The first-order valence-electron chi connectivity index (χ1n) is 6.08. The highest BCUT2D eigenvalue weighted by molar-refractivity contribution is 9.10. The fourth-order valence-electron chi connectivity index (χ4n) is 1.58. The summed E-state index contributed by atoms with van der Waals surface area (Å²) >= 11 is 3.42. The van der Waals surface area contributed by atoms with Crippen LogP contribution in [-0.2, 0) is 16.0 Å². The van der Waals surface area contributed by atoms with Crippen LogP contribution < -0.4 is 5.32 Å². The molecular formula is C14H18BrNO3. The number of carboxylic acids is 1. The summed E-state index contributed by atoms with van der Waals surface area (Å²) in [5, 5.41) is 11.6. The summed E-state index contributed by atoms with van der Waals surface area (Å²) in [4.78, 5) is 22.6. The summed E-state index contributed by atoms with van der Waals surface area (Å²) in [5.74, 6) is -1.68. The molecule has 1 aromatic rings. The van der Waals surface area contributed by atoms with E-state index in [1.54, 1.807) is 13.8 Å². The maximum Gasteiger partial charge on any atom is 0.308 e. The summed E-state index contributed by atoms with van der Waals surface area (Å²) in [6, 6.07) is 5.35. The van der Waals surface area contributed by atoms with Gasteiger partial charge in [0.15, 0.2) is 0 Å². The number of aliphatic carboxylic acids is 1. The average Bonchev–Trinajstić information content (AvgIpc) is 2.32. The van der Waals surface area contributed by atoms with Crippen molar-refractivity contribution in [2.45, 2.75) is 33.2 Å². The van der Waals surface area contributed by atoms with E-state index in [0.717, 1.165) is 15.6 Å². The fourth-order valence-corrected chi connectivity index (χ4v) is 2.00. The first-order valence-corrected chi connectivity index (χ1v) is 6.87. The van der Waals surface area contributed by atoms with Crippen LogP contribution in [0.4, 0.5) is 0 Å². The van der Waals surface area contributed by atoms with Crippen molar-refractivity contribution in [3.8, 4) is 0 Å². The molecule has 0 aliphatic carbocycles. The molecule has 5 heteroatoms. The lowest BCUT2D eigenvalue weighted by molar-refractivity contribution is -0.142. The Bertz CT molecular complexity index is 488. The van der Waals surface area contributed by atoms with Crippen molar-refractivity contribution in [1.82, 2.24) is 5.32 Å². The minimum absolute atomic E-state index is 0.170. The number of carbonyl (C=O) groups is 2. The normalized spacial score (nSPS) is 13.7. The molecule has 104 valence electrons. The van der Waals surface area contributed by atoms with E-state index in [9.17, 15) is 9.59 Å². The van der Waals surface area contributed by atoms with Gasteiger partial charge in [0.25, 0.3) is 0 Å². The average molecular weight is 328 g/mol. The molecule has 0 spiro atoms. The number of rotatable bonds is 5. The first kappa shape index (κ1) is 15.7. The van der Waals surface area contributed by atoms with E-state index in [-0.39, 0.29) is 18.4 Å². The summed E-state index contributed by atoms with van der Waals surface area (Å²) in [6.45, 7) is 5.25. The number of nitrogens with one attached hydrogen (secondary N) is 1. The number of amides is 1. The number of hydrogen-bond donors (Lipinski definition) is 2. The first-order chi connectivity index (χ1) is 8.81. The minimum Gasteiger partial charge on any atom is -0.481 e. The minimum atomic E-state index is -0.911. The van der Waals surface area contributed by atoms with E-state index in [1.165, 1.54) is 0 Å². The molecule has 1 amide bonds. The highest BCUT2D eigenvalue weighted by Crippen LogP contribution is 2.17. The third-order valence-corrected chi connectivity index (χ3v) is 3.98. The Morgan fingerprint density at radius 2 is 2.00 bits per heavy atom. The molecular weight excluding hydrogens is 310 g/mol. The molecule has 0 heterocycles. The van der Waals surface area contributed by atoms with Crippen molar-refractivity contribution in [2.24, 2.45) is 5.92 Å².